The lowest BCUT2D eigenvalue weighted by Gasteiger charge is -2.36. The third-order valence-electron chi connectivity index (χ3n) is 8.00. The molecule has 37 heavy (non-hydrogen) atoms. The predicted molar refractivity (Wildman–Crippen MR) is 145 cm³/mol. The number of ether oxygens (including phenoxy) is 1. The van der Waals surface area contributed by atoms with Gasteiger partial charge in [0.15, 0.2) is 0 Å². The average Bonchev–Trinajstić information content (AvgIpc) is 3.61. The Morgan fingerprint density at radius 3 is 2.38 bits per heavy atom. The summed E-state index contributed by atoms with van der Waals surface area (Å²) in [6, 6.07) is 13.4. The monoisotopic (exact) mass is 545 g/mol. The Hall–Kier alpha value is -2.29. The molecule has 9 heteroatoms. The molecule has 2 aromatic rings. The number of nitrogens with zero attached hydrogens (tertiary/aromatic N) is 3. The number of benzene rings is 2. The first-order valence-corrected chi connectivity index (χ1v) is 14.5. The Kier molecular flexibility index (Phi) is 8.27. The highest BCUT2D eigenvalue weighted by Gasteiger charge is 2.42. The lowest BCUT2D eigenvalue weighted by atomic mass is 9.93. The van der Waals surface area contributed by atoms with Gasteiger partial charge in [0.1, 0.15) is 11.6 Å². The third-order valence-corrected chi connectivity index (χ3v) is 9.40. The van der Waals surface area contributed by atoms with E-state index in [2.05, 4.69) is 4.90 Å². The highest BCUT2D eigenvalue weighted by Crippen LogP contribution is 2.34. The Balaban J connectivity index is 1.28. The summed E-state index contributed by atoms with van der Waals surface area (Å²) in [6.07, 6.45) is 2.48. The van der Waals surface area contributed by atoms with E-state index in [-0.39, 0.29) is 29.5 Å². The molecule has 0 radical (unpaired) electrons. The molecule has 5 rings (SSSR count). The van der Waals surface area contributed by atoms with Crippen molar-refractivity contribution in [2.24, 2.45) is 5.92 Å². The molecule has 3 aliphatic rings. The molecule has 2 aromatic carbocycles. The van der Waals surface area contributed by atoms with Gasteiger partial charge in [-0.1, -0.05) is 23.7 Å². The summed E-state index contributed by atoms with van der Waals surface area (Å²) in [6.45, 7) is 2.94. The highest BCUT2D eigenvalue weighted by molar-refractivity contribution is 7.99. The second-order valence-corrected chi connectivity index (χ2v) is 11.8. The fourth-order valence-corrected chi connectivity index (χ4v) is 7.17. The number of carbonyl (C=O) groups is 2. The van der Waals surface area contributed by atoms with Crippen LogP contribution < -0.4 is 4.74 Å². The van der Waals surface area contributed by atoms with Gasteiger partial charge in [-0.3, -0.25) is 9.69 Å². The van der Waals surface area contributed by atoms with Gasteiger partial charge >= 0.3 is 6.09 Å². The molecular weight excluding hydrogens is 513 g/mol. The zero-order valence-electron chi connectivity index (χ0n) is 21.0. The molecule has 2 amide bonds. The molecule has 3 atom stereocenters. The number of carbonyl (C=O) groups excluding carboxylic acids is 2. The fourth-order valence-electron chi connectivity index (χ4n) is 5.79. The summed E-state index contributed by atoms with van der Waals surface area (Å²) < 4.78 is 18.8. The molecule has 0 saturated carbocycles. The largest absolute Gasteiger partial charge is 0.415 e. The van der Waals surface area contributed by atoms with Crippen LogP contribution in [0.15, 0.2) is 48.5 Å². The van der Waals surface area contributed by atoms with Gasteiger partial charge < -0.3 is 14.5 Å². The van der Waals surface area contributed by atoms with Crippen LogP contribution in [0.4, 0.5) is 9.18 Å². The number of hydrogen-bond acceptors (Lipinski definition) is 5. The average molecular weight is 546 g/mol. The van der Waals surface area contributed by atoms with E-state index in [4.69, 9.17) is 16.3 Å². The number of piperidine rings is 1. The van der Waals surface area contributed by atoms with Crippen LogP contribution in [0.1, 0.15) is 30.7 Å². The number of thioether (sulfide) groups is 1. The molecule has 0 N–H and O–H groups in total. The normalized spacial score (nSPS) is 24.8. The number of amides is 2. The SMILES string of the molecule is CN(C(=O)Oc1ccc(F)cc1)[C@@H]1CN(C(=O)C2CCN(C3CCSC3)CC2)C[C@H]1c1ccc(Cl)cc1. The molecule has 0 aromatic heterocycles. The van der Waals surface area contributed by atoms with Crippen LogP contribution in [0.2, 0.25) is 5.02 Å². The maximum Gasteiger partial charge on any atom is 0.415 e. The molecular formula is C28H33ClFN3O3S. The van der Waals surface area contributed by atoms with Crippen LogP contribution in [0.3, 0.4) is 0 Å². The van der Waals surface area contributed by atoms with Crippen molar-refractivity contribution in [3.8, 4) is 5.75 Å². The third kappa shape index (κ3) is 6.07. The van der Waals surface area contributed by atoms with Gasteiger partial charge in [-0.25, -0.2) is 9.18 Å². The van der Waals surface area contributed by atoms with Gasteiger partial charge in [-0.2, -0.15) is 11.8 Å². The molecule has 0 spiro atoms. The first-order chi connectivity index (χ1) is 17.9. The number of rotatable bonds is 5. The van der Waals surface area contributed by atoms with Crippen molar-refractivity contribution < 1.29 is 18.7 Å². The molecule has 3 saturated heterocycles. The number of halogens is 2. The summed E-state index contributed by atoms with van der Waals surface area (Å²) in [5.74, 6) is 2.46. The van der Waals surface area contributed by atoms with Gasteiger partial charge in [0.05, 0.1) is 6.04 Å². The van der Waals surface area contributed by atoms with Crippen molar-refractivity contribution >= 4 is 35.4 Å². The van der Waals surface area contributed by atoms with Crippen LogP contribution in [-0.2, 0) is 4.79 Å². The summed E-state index contributed by atoms with van der Waals surface area (Å²) in [7, 11) is 1.70. The van der Waals surface area contributed by atoms with E-state index in [1.54, 1.807) is 11.9 Å². The Labute approximate surface area is 227 Å². The predicted octanol–water partition coefficient (Wildman–Crippen LogP) is 5.12. The maximum absolute atomic E-state index is 13.6. The summed E-state index contributed by atoms with van der Waals surface area (Å²) in [5.41, 5.74) is 1.03. The number of likely N-dealkylation sites (N-methyl/N-ethyl adjacent to an activating group) is 1. The molecule has 0 bridgehead atoms. The summed E-state index contributed by atoms with van der Waals surface area (Å²) in [4.78, 5) is 32.7. The smallest absolute Gasteiger partial charge is 0.410 e. The lowest BCUT2D eigenvalue weighted by Crippen LogP contribution is -2.46. The highest BCUT2D eigenvalue weighted by atomic mass is 35.5. The van der Waals surface area contributed by atoms with Crippen molar-refractivity contribution in [1.29, 1.82) is 0 Å². The standard InChI is InChI=1S/C28H33ClFN3O3S/c1-31(28(35)36-24-8-6-22(30)7-9-24)26-17-33(16-25(26)19-2-4-21(29)5-3-19)27(34)20-10-13-32(14-11-20)23-12-15-37-18-23/h2-9,20,23,25-26H,10-18H2,1H3/t23?,25-,26+/m0/s1. The molecule has 0 aliphatic carbocycles. The maximum atomic E-state index is 13.6. The molecule has 3 heterocycles. The van der Waals surface area contributed by atoms with Crippen LogP contribution in [0.25, 0.3) is 0 Å². The Morgan fingerprint density at radius 1 is 1.03 bits per heavy atom. The quantitative estimate of drug-likeness (QED) is 0.522. The zero-order chi connectivity index (χ0) is 25.9. The van der Waals surface area contributed by atoms with E-state index in [0.29, 0.717) is 24.2 Å². The minimum atomic E-state index is -0.535. The van der Waals surface area contributed by atoms with Crippen LogP contribution >= 0.6 is 23.4 Å². The fraction of sp³-hybridized carbons (Fsp3) is 0.500. The molecule has 3 fully saturated rings. The first-order valence-electron chi connectivity index (χ1n) is 13.0. The number of likely N-dealkylation sites (tertiary alicyclic amines) is 2. The van der Waals surface area contributed by atoms with Crippen LogP contribution in [0.5, 0.6) is 5.75 Å². The minimum Gasteiger partial charge on any atom is -0.410 e. The van der Waals surface area contributed by atoms with Gasteiger partial charge in [-0.05, 0) is 80.1 Å². The molecule has 6 nitrogen and oxygen atoms in total. The molecule has 1 unspecified atom stereocenters. The summed E-state index contributed by atoms with van der Waals surface area (Å²) >= 11 is 8.15. The minimum absolute atomic E-state index is 0.0198. The summed E-state index contributed by atoms with van der Waals surface area (Å²) in [5, 5.41) is 0.641. The van der Waals surface area contributed by atoms with Gasteiger partial charge in [0.2, 0.25) is 5.91 Å². The van der Waals surface area contributed by atoms with Gasteiger partial charge in [0, 0.05) is 48.8 Å². The first kappa shape index (κ1) is 26.3. The van der Waals surface area contributed by atoms with E-state index in [9.17, 15) is 14.0 Å². The van der Waals surface area contributed by atoms with Crippen molar-refractivity contribution in [2.45, 2.75) is 37.3 Å². The van der Waals surface area contributed by atoms with Crippen LogP contribution in [-0.4, -0.2) is 83.5 Å². The lowest BCUT2D eigenvalue weighted by molar-refractivity contribution is -0.136. The van der Waals surface area contributed by atoms with Crippen molar-refractivity contribution in [1.82, 2.24) is 14.7 Å². The van der Waals surface area contributed by atoms with E-state index in [0.717, 1.165) is 31.5 Å². The van der Waals surface area contributed by atoms with E-state index < -0.39 is 11.9 Å². The van der Waals surface area contributed by atoms with Gasteiger partial charge in [0.25, 0.3) is 0 Å². The van der Waals surface area contributed by atoms with Crippen molar-refractivity contribution in [2.75, 3.05) is 44.7 Å². The molecule has 198 valence electrons. The zero-order valence-corrected chi connectivity index (χ0v) is 22.6. The van der Waals surface area contributed by atoms with Gasteiger partial charge in [-0.15, -0.1) is 0 Å². The van der Waals surface area contributed by atoms with Crippen molar-refractivity contribution in [3.05, 3.63) is 64.9 Å². The number of hydrogen-bond donors (Lipinski definition) is 0. The Morgan fingerprint density at radius 2 is 1.73 bits per heavy atom. The van der Waals surface area contributed by atoms with E-state index in [1.807, 2.05) is 40.9 Å². The van der Waals surface area contributed by atoms with Crippen LogP contribution in [0, 0.1) is 11.7 Å². The topological polar surface area (TPSA) is 53.1 Å². The second kappa shape index (κ2) is 11.6. The van der Waals surface area contributed by atoms with Crippen molar-refractivity contribution in [3.63, 3.8) is 0 Å². The van der Waals surface area contributed by atoms with E-state index >= 15 is 0 Å². The Bertz CT molecular complexity index is 1090. The van der Waals surface area contributed by atoms with E-state index in [1.165, 1.54) is 42.2 Å². The second-order valence-electron chi connectivity index (χ2n) is 10.2. The molecule has 3 aliphatic heterocycles.